The van der Waals surface area contributed by atoms with E-state index in [1.54, 1.807) is 11.8 Å². The summed E-state index contributed by atoms with van der Waals surface area (Å²) in [4.78, 5) is 1.24. The van der Waals surface area contributed by atoms with Crippen molar-refractivity contribution in [2.75, 3.05) is 12.4 Å². The van der Waals surface area contributed by atoms with Crippen LogP contribution in [0.25, 0.3) is 0 Å². The molecule has 0 saturated heterocycles. The third-order valence-corrected chi connectivity index (χ3v) is 3.40. The Morgan fingerprint density at radius 2 is 2.12 bits per heavy atom. The molecule has 1 aromatic carbocycles. The van der Waals surface area contributed by atoms with Crippen LogP contribution in [-0.4, -0.2) is 17.5 Å². The molecule has 0 aromatic heterocycles. The maximum absolute atomic E-state index is 10.0. The van der Waals surface area contributed by atoms with Crippen LogP contribution in [0.1, 0.15) is 25.0 Å². The summed E-state index contributed by atoms with van der Waals surface area (Å²) in [7, 11) is 0. The average Bonchev–Trinajstić information content (AvgIpc) is 2.83. The monoisotopic (exact) mass is 236 g/mol. The van der Waals surface area contributed by atoms with Crippen molar-refractivity contribution < 1.29 is 9.84 Å². The fourth-order valence-electron chi connectivity index (χ4n) is 1.70. The molecule has 0 saturated carbocycles. The smallest absolute Gasteiger partial charge is 0.136 e. The largest absolute Gasteiger partial charge is 0.495 e. The van der Waals surface area contributed by atoms with E-state index in [1.807, 2.05) is 30.3 Å². The quantitative estimate of drug-likeness (QED) is 0.814. The lowest BCUT2D eigenvalue weighted by atomic mass is 10.1. The number of rotatable bonds is 4. The predicted molar refractivity (Wildman–Crippen MR) is 66.5 cm³/mol. The van der Waals surface area contributed by atoms with E-state index in [0.717, 1.165) is 17.7 Å². The van der Waals surface area contributed by atoms with Gasteiger partial charge in [0.25, 0.3) is 0 Å². The molecule has 1 aliphatic heterocycles. The Hall–Kier alpha value is -0.930. The number of hydrogen-bond acceptors (Lipinski definition) is 3. The molecule has 1 heterocycles. The van der Waals surface area contributed by atoms with E-state index >= 15 is 0 Å². The summed E-state index contributed by atoms with van der Waals surface area (Å²) in [5, 5.41) is 10.0. The molecule has 0 fully saturated rings. The van der Waals surface area contributed by atoms with Gasteiger partial charge in [0.2, 0.25) is 0 Å². The van der Waals surface area contributed by atoms with Gasteiger partial charge >= 0.3 is 0 Å². The average molecular weight is 236 g/mol. The van der Waals surface area contributed by atoms with Gasteiger partial charge in [-0.2, -0.15) is 0 Å². The van der Waals surface area contributed by atoms with Crippen LogP contribution in [0.15, 0.2) is 41.0 Å². The van der Waals surface area contributed by atoms with Crippen molar-refractivity contribution in [2.24, 2.45) is 0 Å². The Morgan fingerprint density at radius 1 is 1.38 bits per heavy atom. The molecule has 3 heteroatoms. The molecule has 2 nitrogen and oxygen atoms in total. The van der Waals surface area contributed by atoms with Gasteiger partial charge in [-0.25, -0.2) is 0 Å². The second-order valence-corrected chi connectivity index (χ2v) is 4.99. The van der Waals surface area contributed by atoms with Crippen molar-refractivity contribution in [3.63, 3.8) is 0 Å². The molecule has 1 N–H and O–H groups in total. The predicted octanol–water partition coefficient (Wildman–Crippen LogP) is 3.14. The maximum Gasteiger partial charge on any atom is 0.136 e. The van der Waals surface area contributed by atoms with Crippen LogP contribution in [0, 0.1) is 0 Å². The van der Waals surface area contributed by atoms with E-state index in [9.17, 15) is 5.11 Å². The topological polar surface area (TPSA) is 29.5 Å². The highest BCUT2D eigenvalue weighted by Crippen LogP contribution is 2.27. The molecule has 0 spiro atoms. The van der Waals surface area contributed by atoms with E-state index in [0.29, 0.717) is 12.4 Å². The number of benzene rings is 1. The highest BCUT2D eigenvalue weighted by Gasteiger charge is 2.17. The van der Waals surface area contributed by atoms with Gasteiger partial charge in [0, 0.05) is 11.3 Å². The van der Waals surface area contributed by atoms with Gasteiger partial charge in [-0.05, 0) is 29.5 Å². The Balaban J connectivity index is 2.08. The first-order valence-electron chi connectivity index (χ1n) is 5.55. The molecule has 1 aliphatic rings. The first kappa shape index (κ1) is 11.6. The molecule has 0 aliphatic carbocycles. The van der Waals surface area contributed by atoms with E-state index in [-0.39, 0.29) is 0 Å². The van der Waals surface area contributed by atoms with Gasteiger partial charge in [-0.3, -0.25) is 0 Å². The van der Waals surface area contributed by atoms with Gasteiger partial charge in [0.1, 0.15) is 11.9 Å². The third kappa shape index (κ3) is 2.60. The Morgan fingerprint density at radius 3 is 2.69 bits per heavy atom. The minimum absolute atomic E-state index is 0.608. The number of aliphatic hydroxyl groups is 1. The molecule has 0 radical (unpaired) electrons. The van der Waals surface area contributed by atoms with E-state index < -0.39 is 6.10 Å². The Bertz CT molecular complexity index is 370. The van der Waals surface area contributed by atoms with Crippen LogP contribution < -0.4 is 0 Å². The zero-order chi connectivity index (χ0) is 11.4. The van der Waals surface area contributed by atoms with Crippen molar-refractivity contribution >= 4 is 11.8 Å². The van der Waals surface area contributed by atoms with Crippen LogP contribution >= 0.6 is 11.8 Å². The van der Waals surface area contributed by atoms with Gasteiger partial charge < -0.3 is 9.84 Å². The summed E-state index contributed by atoms with van der Waals surface area (Å²) in [6, 6.07) is 8.01. The van der Waals surface area contributed by atoms with E-state index in [1.165, 1.54) is 4.90 Å². The van der Waals surface area contributed by atoms with Gasteiger partial charge in [-0.15, -0.1) is 11.8 Å². The molecule has 1 unspecified atom stereocenters. The second kappa shape index (κ2) is 5.41. The molecule has 0 bridgehead atoms. The zero-order valence-electron chi connectivity index (χ0n) is 9.35. The van der Waals surface area contributed by atoms with Crippen molar-refractivity contribution in [1.29, 1.82) is 0 Å². The summed E-state index contributed by atoms with van der Waals surface area (Å²) in [6.45, 7) is 2.82. The third-order valence-electron chi connectivity index (χ3n) is 2.51. The Kier molecular flexibility index (Phi) is 3.91. The normalized spacial score (nSPS) is 16.8. The summed E-state index contributed by atoms with van der Waals surface area (Å²) in [6.07, 6.45) is 2.25. The van der Waals surface area contributed by atoms with E-state index in [2.05, 4.69) is 6.92 Å². The first-order valence-corrected chi connectivity index (χ1v) is 6.53. The van der Waals surface area contributed by atoms with Crippen LogP contribution in [0.3, 0.4) is 0 Å². The molecular formula is C13H16O2S. The van der Waals surface area contributed by atoms with Gasteiger partial charge in [-0.1, -0.05) is 19.1 Å². The summed E-state index contributed by atoms with van der Waals surface area (Å²) in [5.41, 5.74) is 0.897. The molecule has 86 valence electrons. The van der Waals surface area contributed by atoms with Gasteiger partial charge in [0.05, 0.1) is 6.61 Å². The molecule has 1 atom stereocenters. The maximum atomic E-state index is 10.0. The molecule has 1 aromatic rings. The van der Waals surface area contributed by atoms with Crippen molar-refractivity contribution in [3.05, 3.63) is 41.7 Å². The van der Waals surface area contributed by atoms with Crippen LogP contribution in [0.2, 0.25) is 0 Å². The number of ether oxygens (including phenoxy) is 1. The molecule has 2 rings (SSSR count). The number of aliphatic hydroxyl groups excluding tert-OH is 1. The molecule has 0 amide bonds. The lowest BCUT2D eigenvalue weighted by Gasteiger charge is -2.12. The lowest BCUT2D eigenvalue weighted by molar-refractivity contribution is 0.119. The fourth-order valence-corrected chi connectivity index (χ4v) is 2.37. The highest BCUT2D eigenvalue weighted by molar-refractivity contribution is 7.99. The standard InChI is InChI=1S/C13H16O2S/c1-2-16-11-7-5-10(6-8-11)13(14)12-4-3-9-15-12/h4-8,13-14H,2-3,9H2,1H3. The summed E-state index contributed by atoms with van der Waals surface area (Å²) >= 11 is 1.80. The highest BCUT2D eigenvalue weighted by atomic mass is 32.2. The molecular weight excluding hydrogens is 220 g/mol. The Labute approximate surface area is 100 Å². The zero-order valence-corrected chi connectivity index (χ0v) is 10.2. The van der Waals surface area contributed by atoms with Crippen molar-refractivity contribution in [2.45, 2.75) is 24.3 Å². The van der Waals surface area contributed by atoms with Gasteiger partial charge in [0.15, 0.2) is 0 Å². The van der Waals surface area contributed by atoms with E-state index in [4.69, 9.17) is 4.74 Å². The lowest BCUT2D eigenvalue weighted by Crippen LogP contribution is -2.01. The number of thioether (sulfide) groups is 1. The fraction of sp³-hybridized carbons (Fsp3) is 0.385. The van der Waals surface area contributed by atoms with Crippen LogP contribution in [-0.2, 0) is 4.74 Å². The molecule has 16 heavy (non-hydrogen) atoms. The minimum Gasteiger partial charge on any atom is -0.495 e. The van der Waals surface area contributed by atoms with Crippen LogP contribution in [0.4, 0.5) is 0 Å². The van der Waals surface area contributed by atoms with Crippen LogP contribution in [0.5, 0.6) is 0 Å². The van der Waals surface area contributed by atoms with Crippen molar-refractivity contribution in [3.8, 4) is 0 Å². The summed E-state index contributed by atoms with van der Waals surface area (Å²) < 4.78 is 5.35. The SMILES string of the molecule is CCSc1ccc(C(O)C2=CCCO2)cc1. The number of hydrogen-bond donors (Lipinski definition) is 1. The summed E-state index contributed by atoms with van der Waals surface area (Å²) in [5.74, 6) is 1.76. The van der Waals surface area contributed by atoms with Crippen molar-refractivity contribution in [1.82, 2.24) is 0 Å². The second-order valence-electron chi connectivity index (χ2n) is 3.65. The first-order chi connectivity index (χ1) is 7.81. The minimum atomic E-state index is -0.608.